The summed E-state index contributed by atoms with van der Waals surface area (Å²) < 4.78 is 0. The number of phenolic OH excluding ortho intramolecular Hbond substituents is 1. The van der Waals surface area contributed by atoms with Crippen molar-refractivity contribution in [2.24, 2.45) is 0 Å². The molecule has 0 aliphatic rings. The van der Waals surface area contributed by atoms with E-state index in [2.05, 4.69) is 9.97 Å². The van der Waals surface area contributed by atoms with E-state index in [9.17, 15) is 5.11 Å². The van der Waals surface area contributed by atoms with Crippen molar-refractivity contribution in [3.63, 3.8) is 0 Å². The highest BCUT2D eigenvalue weighted by atomic mass is 16.3. The fraction of sp³-hybridized carbons (Fsp3) is 0.0909. The van der Waals surface area contributed by atoms with Crippen LogP contribution in [0.4, 0.5) is 5.95 Å². The van der Waals surface area contributed by atoms with Crippen molar-refractivity contribution in [3.05, 3.63) is 36.2 Å². The number of anilines is 1. The lowest BCUT2D eigenvalue weighted by molar-refractivity contribution is 0.471. The van der Waals surface area contributed by atoms with Crippen molar-refractivity contribution in [3.8, 4) is 16.9 Å². The highest BCUT2D eigenvalue weighted by Gasteiger charge is 2.02. The molecule has 0 atom stereocenters. The Kier molecular flexibility index (Phi) is 2.25. The first-order valence-electron chi connectivity index (χ1n) is 4.54. The van der Waals surface area contributed by atoms with E-state index in [0.29, 0.717) is 0 Å². The van der Waals surface area contributed by atoms with Crippen molar-refractivity contribution in [1.82, 2.24) is 9.97 Å². The van der Waals surface area contributed by atoms with Crippen LogP contribution in [0.1, 0.15) is 5.56 Å². The third kappa shape index (κ3) is 1.88. The lowest BCUT2D eigenvalue weighted by Crippen LogP contribution is -1.93. The van der Waals surface area contributed by atoms with Gasteiger partial charge in [-0.3, -0.25) is 0 Å². The quantitative estimate of drug-likeness (QED) is 0.737. The maximum atomic E-state index is 9.55. The molecule has 76 valence electrons. The molecule has 1 aromatic heterocycles. The Bertz CT molecular complexity index is 480. The summed E-state index contributed by atoms with van der Waals surface area (Å²) in [7, 11) is 0. The van der Waals surface area contributed by atoms with Crippen molar-refractivity contribution in [1.29, 1.82) is 0 Å². The normalized spacial score (nSPS) is 10.2. The van der Waals surface area contributed by atoms with E-state index >= 15 is 0 Å². The highest BCUT2D eigenvalue weighted by Crippen LogP contribution is 2.24. The number of nitrogens with two attached hydrogens (primary N) is 1. The molecule has 0 fully saturated rings. The third-order valence-corrected chi connectivity index (χ3v) is 2.21. The number of aromatic hydroxyl groups is 1. The summed E-state index contributed by atoms with van der Waals surface area (Å²) in [4.78, 5) is 7.79. The summed E-state index contributed by atoms with van der Waals surface area (Å²) in [5.41, 5.74) is 7.94. The minimum Gasteiger partial charge on any atom is -0.508 e. The summed E-state index contributed by atoms with van der Waals surface area (Å²) in [6.45, 7) is 1.85. The van der Waals surface area contributed by atoms with Crippen LogP contribution in [-0.4, -0.2) is 15.1 Å². The molecule has 4 nitrogen and oxygen atoms in total. The predicted molar refractivity (Wildman–Crippen MR) is 58.3 cm³/mol. The molecule has 0 unspecified atom stereocenters. The van der Waals surface area contributed by atoms with Gasteiger partial charge in [-0.1, -0.05) is 12.1 Å². The molecule has 1 aromatic carbocycles. The standard InChI is InChI=1S/C11H11N3O/c1-7-2-3-8(4-10(7)15)9-5-13-11(12)14-6-9/h2-6,15H,1H3,(H2,12,13,14). The zero-order valence-corrected chi connectivity index (χ0v) is 8.31. The summed E-state index contributed by atoms with van der Waals surface area (Å²) >= 11 is 0. The van der Waals surface area contributed by atoms with Crippen molar-refractivity contribution >= 4 is 5.95 Å². The van der Waals surface area contributed by atoms with Gasteiger partial charge in [-0.25, -0.2) is 9.97 Å². The Morgan fingerprint density at radius 1 is 1.13 bits per heavy atom. The Morgan fingerprint density at radius 3 is 2.40 bits per heavy atom. The SMILES string of the molecule is Cc1ccc(-c2cnc(N)nc2)cc1O. The number of phenols is 1. The zero-order chi connectivity index (χ0) is 10.8. The second-order valence-corrected chi connectivity index (χ2v) is 3.33. The van der Waals surface area contributed by atoms with Crippen LogP contribution in [-0.2, 0) is 0 Å². The van der Waals surface area contributed by atoms with Crippen molar-refractivity contribution in [2.75, 3.05) is 5.73 Å². The van der Waals surface area contributed by atoms with Crippen LogP contribution in [0.3, 0.4) is 0 Å². The first-order chi connectivity index (χ1) is 7.16. The molecule has 0 spiro atoms. The van der Waals surface area contributed by atoms with E-state index in [1.165, 1.54) is 0 Å². The van der Waals surface area contributed by atoms with Crippen LogP contribution < -0.4 is 5.73 Å². The number of rotatable bonds is 1. The van der Waals surface area contributed by atoms with Gasteiger partial charge in [-0.05, 0) is 24.1 Å². The third-order valence-electron chi connectivity index (χ3n) is 2.21. The lowest BCUT2D eigenvalue weighted by Gasteiger charge is -2.03. The van der Waals surface area contributed by atoms with Crippen LogP contribution >= 0.6 is 0 Å². The van der Waals surface area contributed by atoms with Crippen LogP contribution in [0.2, 0.25) is 0 Å². The highest BCUT2D eigenvalue weighted by molar-refractivity contribution is 5.64. The summed E-state index contributed by atoms with van der Waals surface area (Å²) in [5, 5.41) is 9.55. The maximum Gasteiger partial charge on any atom is 0.219 e. The van der Waals surface area contributed by atoms with E-state index in [0.717, 1.165) is 16.7 Å². The Balaban J connectivity index is 2.45. The van der Waals surface area contributed by atoms with Gasteiger partial charge in [0.15, 0.2) is 0 Å². The number of aryl methyl sites for hydroxylation is 1. The molecule has 0 amide bonds. The van der Waals surface area contributed by atoms with Crippen LogP contribution in [0.25, 0.3) is 11.1 Å². The molecule has 0 aliphatic heterocycles. The molecule has 0 bridgehead atoms. The van der Waals surface area contributed by atoms with Gasteiger partial charge in [0.2, 0.25) is 5.95 Å². The van der Waals surface area contributed by atoms with Crippen molar-refractivity contribution in [2.45, 2.75) is 6.92 Å². The number of hydrogen-bond acceptors (Lipinski definition) is 4. The second kappa shape index (κ2) is 3.57. The zero-order valence-electron chi connectivity index (χ0n) is 8.31. The van der Waals surface area contributed by atoms with Gasteiger partial charge in [-0.15, -0.1) is 0 Å². The molecular weight excluding hydrogens is 190 g/mol. The minimum atomic E-state index is 0.245. The molecule has 0 aliphatic carbocycles. The minimum absolute atomic E-state index is 0.245. The molecule has 1 heterocycles. The summed E-state index contributed by atoms with van der Waals surface area (Å²) in [6.07, 6.45) is 3.26. The summed E-state index contributed by atoms with van der Waals surface area (Å²) in [6, 6.07) is 5.44. The number of hydrogen-bond donors (Lipinski definition) is 2. The van der Waals surface area contributed by atoms with E-state index < -0.39 is 0 Å². The molecule has 2 aromatic rings. The van der Waals surface area contributed by atoms with Gasteiger partial charge < -0.3 is 10.8 Å². The number of aromatic nitrogens is 2. The Morgan fingerprint density at radius 2 is 1.80 bits per heavy atom. The number of benzene rings is 1. The van der Waals surface area contributed by atoms with Crippen LogP contribution in [0.5, 0.6) is 5.75 Å². The van der Waals surface area contributed by atoms with Gasteiger partial charge in [-0.2, -0.15) is 0 Å². The van der Waals surface area contributed by atoms with E-state index in [4.69, 9.17) is 5.73 Å². The molecule has 3 N–H and O–H groups in total. The molecule has 0 saturated heterocycles. The fourth-order valence-corrected chi connectivity index (χ4v) is 1.28. The Hall–Kier alpha value is -2.10. The number of nitrogen functional groups attached to an aromatic ring is 1. The smallest absolute Gasteiger partial charge is 0.219 e. The topological polar surface area (TPSA) is 72.0 Å². The van der Waals surface area contributed by atoms with Gasteiger partial charge in [0.05, 0.1) is 0 Å². The Labute approximate surface area is 87.4 Å². The molecule has 4 heteroatoms. The first-order valence-corrected chi connectivity index (χ1v) is 4.54. The molecule has 0 radical (unpaired) electrons. The lowest BCUT2D eigenvalue weighted by atomic mass is 10.1. The molecule has 15 heavy (non-hydrogen) atoms. The van der Waals surface area contributed by atoms with E-state index in [-0.39, 0.29) is 11.7 Å². The fourth-order valence-electron chi connectivity index (χ4n) is 1.28. The van der Waals surface area contributed by atoms with Crippen LogP contribution in [0.15, 0.2) is 30.6 Å². The largest absolute Gasteiger partial charge is 0.508 e. The average Bonchev–Trinajstić information content (AvgIpc) is 2.23. The average molecular weight is 201 g/mol. The predicted octanol–water partition coefficient (Wildman–Crippen LogP) is 1.74. The second-order valence-electron chi connectivity index (χ2n) is 3.33. The van der Waals surface area contributed by atoms with Gasteiger partial charge in [0, 0.05) is 18.0 Å². The summed E-state index contributed by atoms with van der Waals surface area (Å²) in [5.74, 6) is 0.513. The van der Waals surface area contributed by atoms with Gasteiger partial charge in [0.25, 0.3) is 0 Å². The molecule has 0 saturated carbocycles. The van der Waals surface area contributed by atoms with Gasteiger partial charge in [0.1, 0.15) is 5.75 Å². The maximum absolute atomic E-state index is 9.55. The molecule has 2 rings (SSSR count). The molecular formula is C11H11N3O. The monoisotopic (exact) mass is 201 g/mol. The van der Waals surface area contributed by atoms with E-state index in [1.807, 2.05) is 19.1 Å². The van der Waals surface area contributed by atoms with E-state index in [1.54, 1.807) is 18.5 Å². The van der Waals surface area contributed by atoms with Crippen molar-refractivity contribution < 1.29 is 5.11 Å². The van der Waals surface area contributed by atoms with Gasteiger partial charge >= 0.3 is 0 Å². The van der Waals surface area contributed by atoms with Crippen LogP contribution in [0, 0.1) is 6.92 Å². The number of nitrogens with zero attached hydrogens (tertiary/aromatic N) is 2. The first kappa shape index (κ1) is 9.45.